The number of hydrogen-bond donors (Lipinski definition) is 8. The minimum atomic E-state index is -1.75. The molecule has 0 bridgehead atoms. The number of aromatic hydroxyl groups is 4. The van der Waals surface area contributed by atoms with Crippen molar-refractivity contribution in [3.8, 4) is 23.0 Å². The average Bonchev–Trinajstić information content (AvgIpc) is 3.02. The Morgan fingerprint density at radius 2 is 1.49 bits per heavy atom. The van der Waals surface area contributed by atoms with E-state index in [2.05, 4.69) is 0 Å². The van der Waals surface area contributed by atoms with E-state index in [1.807, 2.05) is 0 Å². The van der Waals surface area contributed by atoms with E-state index in [1.54, 1.807) is 0 Å². The zero-order chi connectivity index (χ0) is 34.4. The number of phenolic OH excluding ortho intramolecular Hbond substituents is 4. The van der Waals surface area contributed by atoms with E-state index in [0.29, 0.717) is 11.1 Å². The Hall–Kier alpha value is -4.00. The van der Waals surface area contributed by atoms with Gasteiger partial charge in [0.2, 0.25) is 0 Å². The quantitative estimate of drug-likeness (QED) is 0.0859. The molecule has 16 heteroatoms. The summed E-state index contributed by atoms with van der Waals surface area (Å²) >= 11 is 0. The Balaban J connectivity index is 1.57. The summed E-state index contributed by atoms with van der Waals surface area (Å²) < 4.78 is 33.8. The van der Waals surface area contributed by atoms with Crippen LogP contribution in [0.25, 0.3) is 6.08 Å². The molecule has 2 aromatic carbocycles. The molecule has 8 N–H and O–H groups in total. The van der Waals surface area contributed by atoms with Crippen LogP contribution in [0.5, 0.6) is 23.0 Å². The Labute approximate surface area is 268 Å². The van der Waals surface area contributed by atoms with E-state index in [1.165, 1.54) is 49.4 Å². The highest BCUT2D eigenvalue weighted by atomic mass is 16.7. The zero-order valence-corrected chi connectivity index (χ0v) is 25.4. The maximum Gasteiger partial charge on any atom is 0.331 e. The molecule has 2 saturated heterocycles. The number of esters is 2. The third-order valence-electron chi connectivity index (χ3n) is 7.55. The van der Waals surface area contributed by atoms with E-state index in [4.69, 9.17) is 28.4 Å². The minimum absolute atomic E-state index is 0.0958. The first-order valence-electron chi connectivity index (χ1n) is 14.6. The summed E-state index contributed by atoms with van der Waals surface area (Å²) in [6.07, 6.45) is -12.7. The van der Waals surface area contributed by atoms with Crippen LogP contribution in [0.2, 0.25) is 0 Å². The fraction of sp³-hybridized carbons (Fsp3) is 0.484. The van der Waals surface area contributed by atoms with Gasteiger partial charge >= 0.3 is 11.9 Å². The predicted molar refractivity (Wildman–Crippen MR) is 157 cm³/mol. The molecule has 0 aromatic heterocycles. The molecule has 16 nitrogen and oxygen atoms in total. The first kappa shape index (κ1) is 35.8. The maximum absolute atomic E-state index is 12.9. The van der Waals surface area contributed by atoms with Crippen molar-refractivity contribution in [3.05, 3.63) is 53.6 Å². The van der Waals surface area contributed by atoms with Gasteiger partial charge in [0.05, 0.1) is 19.3 Å². The summed E-state index contributed by atoms with van der Waals surface area (Å²) in [7, 11) is 0. The summed E-state index contributed by atoms with van der Waals surface area (Å²) in [6.45, 7) is 1.62. The fourth-order valence-electron chi connectivity index (χ4n) is 5.06. The van der Waals surface area contributed by atoms with E-state index >= 15 is 0 Å². The predicted octanol–water partition coefficient (Wildman–Crippen LogP) is -0.445. The van der Waals surface area contributed by atoms with Crippen molar-refractivity contribution in [1.29, 1.82) is 0 Å². The van der Waals surface area contributed by atoms with Crippen molar-refractivity contribution in [2.24, 2.45) is 0 Å². The van der Waals surface area contributed by atoms with Gasteiger partial charge in [-0.3, -0.25) is 4.79 Å². The summed E-state index contributed by atoms with van der Waals surface area (Å²) in [6, 6.07) is 7.95. The standard InChI is InChI=1S/C31H38O16/c1-14-24(39)25(40)29(44-15(2)33)31(43-14)47-28-26(41)30(42-10-9-17-4-7-19(35)21(37)12-17)45-22(13-32)27(28)46-23(38)8-5-16-3-6-18(34)20(36)11-16/h3-8,11-12,14,22,24-32,34-37,39-41H,9-10,13H2,1-2H3/t14-,22+,24-,25+,26+,27+,28+,29+,30+,31-/m0/s1. The molecule has 47 heavy (non-hydrogen) atoms. The highest BCUT2D eigenvalue weighted by molar-refractivity contribution is 5.87. The summed E-state index contributed by atoms with van der Waals surface area (Å²) in [5, 5.41) is 81.1. The molecule has 0 unspecified atom stereocenters. The lowest BCUT2D eigenvalue weighted by atomic mass is 9.96. The van der Waals surface area contributed by atoms with Crippen LogP contribution in [0.3, 0.4) is 0 Å². The second kappa shape index (κ2) is 15.7. The molecule has 0 spiro atoms. The normalized spacial score (nSPS) is 31.0. The van der Waals surface area contributed by atoms with Gasteiger partial charge in [-0.15, -0.1) is 0 Å². The van der Waals surface area contributed by atoms with Gasteiger partial charge in [0.1, 0.15) is 30.5 Å². The molecule has 0 aliphatic carbocycles. The van der Waals surface area contributed by atoms with Gasteiger partial charge in [0.25, 0.3) is 0 Å². The van der Waals surface area contributed by atoms with Gasteiger partial charge in [0.15, 0.2) is 47.8 Å². The lowest BCUT2D eigenvalue weighted by molar-refractivity contribution is -0.357. The molecular weight excluding hydrogens is 628 g/mol. The van der Waals surface area contributed by atoms with E-state index < -0.39 is 85.7 Å². The monoisotopic (exact) mass is 666 g/mol. The van der Waals surface area contributed by atoms with Crippen molar-refractivity contribution >= 4 is 18.0 Å². The van der Waals surface area contributed by atoms with Crippen LogP contribution in [0.4, 0.5) is 0 Å². The number of benzene rings is 2. The van der Waals surface area contributed by atoms with Gasteiger partial charge in [-0.1, -0.05) is 12.1 Å². The number of carbonyl (C=O) groups is 2. The maximum atomic E-state index is 12.9. The molecule has 258 valence electrons. The SMILES string of the molecule is CC(=O)O[C@H]1[C@H](O[C@@H]2[C@@H](O)[C@H](OCCc3ccc(O)c(O)c3)O[C@H](CO)[C@H]2OC(=O)C=Cc2ccc(O)c(O)c2)O[C@@H](C)[C@H](O)[C@H]1O. The van der Waals surface area contributed by atoms with Gasteiger partial charge < -0.3 is 69.3 Å². The number of aliphatic hydroxyl groups excluding tert-OH is 4. The second-order valence-electron chi connectivity index (χ2n) is 11.0. The summed E-state index contributed by atoms with van der Waals surface area (Å²) in [4.78, 5) is 24.7. The third kappa shape index (κ3) is 8.88. The molecule has 2 aromatic rings. The summed E-state index contributed by atoms with van der Waals surface area (Å²) in [5.74, 6) is -3.30. The molecule has 4 rings (SSSR count). The highest BCUT2D eigenvalue weighted by Gasteiger charge is 2.53. The van der Waals surface area contributed by atoms with Gasteiger partial charge in [0, 0.05) is 13.0 Å². The third-order valence-corrected chi connectivity index (χ3v) is 7.55. The van der Waals surface area contributed by atoms with Crippen LogP contribution in [0, 0.1) is 0 Å². The average molecular weight is 667 g/mol. The van der Waals surface area contributed by atoms with Crippen molar-refractivity contribution in [2.75, 3.05) is 13.2 Å². The number of hydrogen-bond acceptors (Lipinski definition) is 16. The Bertz CT molecular complexity index is 1410. The van der Waals surface area contributed by atoms with E-state index in [0.717, 1.165) is 13.0 Å². The summed E-state index contributed by atoms with van der Waals surface area (Å²) in [5.41, 5.74) is 0.888. The fourth-order valence-corrected chi connectivity index (χ4v) is 5.06. The molecule has 0 radical (unpaired) electrons. The Morgan fingerprint density at radius 3 is 2.13 bits per heavy atom. The van der Waals surface area contributed by atoms with Crippen LogP contribution in [0.1, 0.15) is 25.0 Å². The van der Waals surface area contributed by atoms with Crippen LogP contribution in [-0.4, -0.2) is 127 Å². The number of aliphatic hydroxyl groups is 4. The van der Waals surface area contributed by atoms with E-state index in [-0.39, 0.29) is 30.3 Å². The van der Waals surface area contributed by atoms with Crippen molar-refractivity contribution < 1.29 is 78.9 Å². The van der Waals surface area contributed by atoms with Crippen molar-refractivity contribution in [2.45, 2.75) is 81.7 Å². The molecular formula is C31H38O16. The van der Waals surface area contributed by atoms with Crippen LogP contribution in [0.15, 0.2) is 42.5 Å². The molecule has 10 atom stereocenters. The second-order valence-corrected chi connectivity index (χ2v) is 11.0. The number of ether oxygens (including phenoxy) is 6. The van der Waals surface area contributed by atoms with Crippen LogP contribution in [-0.2, 0) is 44.4 Å². The van der Waals surface area contributed by atoms with E-state index in [9.17, 15) is 50.4 Å². The molecule has 2 aliphatic rings. The highest BCUT2D eigenvalue weighted by Crippen LogP contribution is 2.33. The van der Waals surface area contributed by atoms with Crippen LogP contribution < -0.4 is 0 Å². The van der Waals surface area contributed by atoms with Gasteiger partial charge in [-0.05, 0) is 54.8 Å². The molecule has 0 saturated carbocycles. The Morgan fingerprint density at radius 1 is 0.809 bits per heavy atom. The molecule has 0 amide bonds. The zero-order valence-electron chi connectivity index (χ0n) is 25.4. The minimum Gasteiger partial charge on any atom is -0.504 e. The van der Waals surface area contributed by atoms with Gasteiger partial charge in [-0.25, -0.2) is 4.79 Å². The van der Waals surface area contributed by atoms with Gasteiger partial charge in [-0.2, -0.15) is 0 Å². The molecule has 2 heterocycles. The van der Waals surface area contributed by atoms with Crippen LogP contribution >= 0.6 is 0 Å². The Kier molecular flexibility index (Phi) is 12.0. The lowest BCUT2D eigenvalue weighted by Crippen LogP contribution is -2.65. The smallest absolute Gasteiger partial charge is 0.331 e. The molecule has 2 aliphatic heterocycles. The first-order valence-corrected chi connectivity index (χ1v) is 14.6. The number of phenols is 4. The largest absolute Gasteiger partial charge is 0.504 e. The number of carbonyl (C=O) groups excluding carboxylic acids is 2. The molecule has 2 fully saturated rings. The first-order chi connectivity index (χ1) is 22.3. The topological polar surface area (TPSA) is 251 Å². The van der Waals surface area contributed by atoms with Crippen molar-refractivity contribution in [1.82, 2.24) is 0 Å². The number of rotatable bonds is 11. The lowest BCUT2D eigenvalue weighted by Gasteiger charge is -2.47. The van der Waals surface area contributed by atoms with Crippen molar-refractivity contribution in [3.63, 3.8) is 0 Å².